The molecule has 0 bridgehead atoms. The van der Waals surface area contributed by atoms with Crippen molar-refractivity contribution >= 4 is 35.0 Å². The van der Waals surface area contributed by atoms with Gasteiger partial charge in [0.25, 0.3) is 0 Å². The summed E-state index contributed by atoms with van der Waals surface area (Å²) < 4.78 is 5.62. The van der Waals surface area contributed by atoms with Crippen molar-refractivity contribution in [1.82, 2.24) is 0 Å². The predicted molar refractivity (Wildman–Crippen MR) is 116 cm³/mol. The summed E-state index contributed by atoms with van der Waals surface area (Å²) in [6.07, 6.45) is 3.44. The van der Waals surface area contributed by atoms with Gasteiger partial charge < -0.3 is 15.4 Å². The zero-order valence-corrected chi connectivity index (χ0v) is 17.3. The summed E-state index contributed by atoms with van der Waals surface area (Å²) in [6, 6.07) is 14.9. The lowest BCUT2D eigenvalue weighted by molar-refractivity contribution is -0.116. The Morgan fingerprint density at radius 1 is 0.929 bits per heavy atom. The van der Waals surface area contributed by atoms with Crippen LogP contribution in [-0.2, 0) is 9.59 Å². The second-order valence-corrected chi connectivity index (χ2v) is 7.44. The third-order valence-corrected chi connectivity index (χ3v) is 4.86. The van der Waals surface area contributed by atoms with E-state index in [-0.39, 0.29) is 11.8 Å². The number of amides is 2. The smallest absolute Gasteiger partial charge is 0.234 e. The molecule has 0 aromatic heterocycles. The summed E-state index contributed by atoms with van der Waals surface area (Å²) in [4.78, 5) is 24.8. The van der Waals surface area contributed by atoms with E-state index in [1.807, 2.05) is 55.5 Å². The molecule has 2 aromatic rings. The maximum absolute atomic E-state index is 12.2. The second-order valence-electron chi connectivity index (χ2n) is 6.39. The molecule has 150 valence electrons. The fraction of sp³-hybridized carbons (Fsp3) is 0.364. The van der Waals surface area contributed by atoms with E-state index in [1.54, 1.807) is 0 Å². The summed E-state index contributed by atoms with van der Waals surface area (Å²) in [5.41, 5.74) is 1.50. The van der Waals surface area contributed by atoms with Crippen LogP contribution in [0.25, 0.3) is 0 Å². The number of carbonyl (C=O) groups excluding carboxylic acids is 2. The summed E-state index contributed by atoms with van der Waals surface area (Å²) >= 11 is 1.43. The zero-order chi connectivity index (χ0) is 20.2. The number of nitrogens with one attached hydrogen (secondary N) is 2. The van der Waals surface area contributed by atoms with Crippen molar-refractivity contribution in [1.29, 1.82) is 0 Å². The highest BCUT2D eigenvalue weighted by atomic mass is 32.2. The van der Waals surface area contributed by atoms with Crippen molar-refractivity contribution in [2.24, 2.45) is 0 Å². The molecule has 0 fully saturated rings. The lowest BCUT2D eigenvalue weighted by atomic mass is 10.3. The molecule has 0 aliphatic carbocycles. The normalized spacial score (nSPS) is 10.4. The van der Waals surface area contributed by atoms with E-state index in [9.17, 15) is 9.59 Å². The Hall–Kier alpha value is -2.47. The first-order valence-electron chi connectivity index (χ1n) is 9.66. The molecule has 2 amide bonds. The summed E-state index contributed by atoms with van der Waals surface area (Å²) in [6.45, 7) is 4.80. The molecule has 0 saturated heterocycles. The van der Waals surface area contributed by atoms with E-state index >= 15 is 0 Å². The Bertz CT molecular complexity index is 763. The van der Waals surface area contributed by atoms with Crippen LogP contribution in [0.4, 0.5) is 11.4 Å². The second kappa shape index (κ2) is 12.1. The average Bonchev–Trinajstić information content (AvgIpc) is 2.68. The van der Waals surface area contributed by atoms with Gasteiger partial charge in [0.05, 0.1) is 12.4 Å². The number of rotatable bonds is 11. The molecule has 0 radical (unpaired) electrons. The van der Waals surface area contributed by atoms with Crippen molar-refractivity contribution in [3.8, 4) is 5.75 Å². The molecule has 2 rings (SSSR count). The molecule has 0 unspecified atom stereocenters. The van der Waals surface area contributed by atoms with Crippen LogP contribution >= 0.6 is 11.8 Å². The van der Waals surface area contributed by atoms with Crippen molar-refractivity contribution in [3.05, 3.63) is 48.5 Å². The van der Waals surface area contributed by atoms with Crippen molar-refractivity contribution in [2.45, 2.75) is 44.4 Å². The Morgan fingerprint density at radius 3 is 2.39 bits per heavy atom. The van der Waals surface area contributed by atoms with Crippen LogP contribution in [0.5, 0.6) is 5.75 Å². The highest BCUT2D eigenvalue weighted by Gasteiger charge is 2.06. The number of anilines is 2. The first-order valence-corrected chi connectivity index (χ1v) is 10.6. The fourth-order valence-corrected chi connectivity index (χ4v) is 3.18. The van der Waals surface area contributed by atoms with Gasteiger partial charge in [0, 0.05) is 22.7 Å². The van der Waals surface area contributed by atoms with Crippen LogP contribution in [0.2, 0.25) is 0 Å². The Labute approximate surface area is 171 Å². The van der Waals surface area contributed by atoms with Crippen molar-refractivity contribution < 1.29 is 14.3 Å². The number of benzene rings is 2. The summed E-state index contributed by atoms with van der Waals surface area (Å²) in [7, 11) is 0. The molecule has 2 aromatic carbocycles. The van der Waals surface area contributed by atoms with E-state index in [4.69, 9.17) is 4.74 Å². The highest BCUT2D eigenvalue weighted by Crippen LogP contribution is 2.22. The molecule has 0 aliphatic rings. The Kier molecular flexibility index (Phi) is 9.42. The third-order valence-electron chi connectivity index (χ3n) is 3.87. The number of carbonyl (C=O) groups is 2. The first kappa shape index (κ1) is 21.8. The molecule has 2 N–H and O–H groups in total. The van der Waals surface area contributed by atoms with E-state index in [0.717, 1.165) is 41.3 Å². The minimum Gasteiger partial charge on any atom is -0.494 e. The van der Waals surface area contributed by atoms with Gasteiger partial charge >= 0.3 is 0 Å². The SMILES string of the molecule is CCCCOc1ccc(NC(=O)CSc2cccc(NC(=O)CCC)c2)cc1. The quantitative estimate of drug-likeness (QED) is 0.395. The van der Waals surface area contributed by atoms with Gasteiger partial charge in [-0.05, 0) is 55.3 Å². The van der Waals surface area contributed by atoms with E-state index in [0.29, 0.717) is 18.8 Å². The largest absolute Gasteiger partial charge is 0.494 e. The van der Waals surface area contributed by atoms with Gasteiger partial charge in [-0.15, -0.1) is 11.8 Å². The number of thioether (sulfide) groups is 1. The van der Waals surface area contributed by atoms with Crippen LogP contribution in [0, 0.1) is 0 Å². The van der Waals surface area contributed by atoms with Crippen LogP contribution in [0.3, 0.4) is 0 Å². The molecular formula is C22H28N2O3S. The molecule has 0 saturated carbocycles. The highest BCUT2D eigenvalue weighted by molar-refractivity contribution is 8.00. The van der Waals surface area contributed by atoms with Crippen LogP contribution in [0.1, 0.15) is 39.5 Å². The van der Waals surface area contributed by atoms with Gasteiger partial charge in [-0.1, -0.05) is 26.3 Å². The number of hydrogen-bond donors (Lipinski definition) is 2. The number of hydrogen-bond acceptors (Lipinski definition) is 4. The molecule has 0 aliphatic heterocycles. The number of ether oxygens (including phenoxy) is 1. The van der Waals surface area contributed by atoms with Gasteiger partial charge in [0.1, 0.15) is 5.75 Å². The molecule has 0 atom stereocenters. The maximum Gasteiger partial charge on any atom is 0.234 e. The Morgan fingerprint density at radius 2 is 1.68 bits per heavy atom. The van der Waals surface area contributed by atoms with E-state index in [2.05, 4.69) is 17.6 Å². The molecule has 5 nitrogen and oxygen atoms in total. The van der Waals surface area contributed by atoms with Gasteiger partial charge in [0.2, 0.25) is 11.8 Å². The predicted octanol–water partition coefficient (Wildman–Crippen LogP) is 5.33. The van der Waals surface area contributed by atoms with Gasteiger partial charge in [-0.3, -0.25) is 9.59 Å². The average molecular weight is 401 g/mol. The minimum absolute atomic E-state index is 0.00418. The van der Waals surface area contributed by atoms with E-state index in [1.165, 1.54) is 11.8 Å². The van der Waals surface area contributed by atoms with Crippen LogP contribution in [0.15, 0.2) is 53.4 Å². The van der Waals surface area contributed by atoms with Gasteiger partial charge in [-0.25, -0.2) is 0 Å². The van der Waals surface area contributed by atoms with Crippen LogP contribution < -0.4 is 15.4 Å². The molecule has 0 spiro atoms. The third kappa shape index (κ3) is 8.05. The summed E-state index contributed by atoms with van der Waals surface area (Å²) in [5.74, 6) is 1.03. The lowest BCUT2D eigenvalue weighted by Gasteiger charge is -2.09. The molecule has 6 heteroatoms. The van der Waals surface area contributed by atoms with Gasteiger partial charge in [0.15, 0.2) is 0 Å². The topological polar surface area (TPSA) is 67.4 Å². The standard InChI is InChI=1S/C22H28N2O3S/c1-3-5-14-27-19-12-10-17(11-13-19)23-22(26)16-28-20-9-6-8-18(15-20)24-21(25)7-4-2/h6,8-13,15H,3-5,7,14,16H2,1-2H3,(H,23,26)(H,24,25). The fourth-order valence-electron chi connectivity index (χ4n) is 2.43. The zero-order valence-electron chi connectivity index (χ0n) is 16.5. The minimum atomic E-state index is -0.0786. The van der Waals surface area contributed by atoms with Crippen molar-refractivity contribution in [2.75, 3.05) is 23.0 Å². The summed E-state index contributed by atoms with van der Waals surface area (Å²) in [5, 5.41) is 5.75. The molecule has 0 heterocycles. The molecule has 28 heavy (non-hydrogen) atoms. The maximum atomic E-state index is 12.2. The van der Waals surface area contributed by atoms with E-state index < -0.39 is 0 Å². The number of unbranched alkanes of at least 4 members (excludes halogenated alkanes) is 1. The first-order chi connectivity index (χ1) is 13.6. The Balaban J connectivity index is 1.80. The monoisotopic (exact) mass is 400 g/mol. The molecular weight excluding hydrogens is 372 g/mol. The van der Waals surface area contributed by atoms with Crippen molar-refractivity contribution in [3.63, 3.8) is 0 Å². The lowest BCUT2D eigenvalue weighted by Crippen LogP contribution is -2.14. The van der Waals surface area contributed by atoms with Gasteiger partial charge in [-0.2, -0.15) is 0 Å². The van der Waals surface area contributed by atoms with Crippen LogP contribution in [-0.4, -0.2) is 24.2 Å².